The number of carbonyl (C=O) groups is 1. The number of nitrogens with zero attached hydrogens (tertiary/aromatic N) is 6. The average molecular weight is 416 g/mol. The Morgan fingerprint density at radius 1 is 1.03 bits per heavy atom. The van der Waals surface area contributed by atoms with Crippen LogP contribution in [0.15, 0.2) is 65.7 Å². The van der Waals surface area contributed by atoms with E-state index in [0.29, 0.717) is 31.9 Å². The van der Waals surface area contributed by atoms with Crippen molar-refractivity contribution < 1.29 is 9.21 Å². The van der Waals surface area contributed by atoms with Crippen molar-refractivity contribution in [1.29, 1.82) is 0 Å². The molecule has 0 atom stereocenters. The summed E-state index contributed by atoms with van der Waals surface area (Å²) < 4.78 is 7.33. The van der Waals surface area contributed by atoms with E-state index in [1.54, 1.807) is 12.1 Å². The highest BCUT2D eigenvalue weighted by atomic mass is 16.3. The summed E-state index contributed by atoms with van der Waals surface area (Å²) in [4.78, 5) is 27.9. The number of anilines is 2. The molecule has 0 aliphatic carbocycles. The van der Waals surface area contributed by atoms with Crippen LogP contribution in [0.3, 0.4) is 0 Å². The van der Waals surface area contributed by atoms with Gasteiger partial charge >= 0.3 is 0 Å². The fraction of sp³-hybridized carbons (Fsp3) is 0.261. The Morgan fingerprint density at radius 2 is 1.81 bits per heavy atom. The summed E-state index contributed by atoms with van der Waals surface area (Å²) >= 11 is 0. The second-order valence-corrected chi connectivity index (χ2v) is 7.79. The fourth-order valence-electron chi connectivity index (χ4n) is 3.95. The minimum atomic E-state index is -0.0694. The van der Waals surface area contributed by atoms with Gasteiger partial charge in [0.15, 0.2) is 17.2 Å². The highest BCUT2D eigenvalue weighted by Gasteiger charge is 2.26. The molecule has 1 fully saturated rings. The molecule has 0 radical (unpaired) electrons. The standard InChI is InChI=1S/C23H24N6O2/c1-26(2)18-7-5-17(6-8-18)19-16-25-22-21(24-9-10-29(19)22)27-11-13-28(14-12-27)23(30)20-4-3-15-31-20/h3-10,15-16H,11-14H2,1-2H3. The zero-order valence-corrected chi connectivity index (χ0v) is 17.6. The summed E-state index contributed by atoms with van der Waals surface area (Å²) in [5.41, 5.74) is 4.10. The molecule has 1 saturated heterocycles. The van der Waals surface area contributed by atoms with Crippen molar-refractivity contribution >= 4 is 23.1 Å². The van der Waals surface area contributed by atoms with Gasteiger partial charge in [0.05, 0.1) is 18.2 Å². The number of hydrogen-bond acceptors (Lipinski definition) is 6. The van der Waals surface area contributed by atoms with Crippen LogP contribution in [-0.4, -0.2) is 65.5 Å². The van der Waals surface area contributed by atoms with Crippen molar-refractivity contribution in [3.63, 3.8) is 0 Å². The molecule has 0 N–H and O–H groups in total. The van der Waals surface area contributed by atoms with Crippen molar-refractivity contribution in [3.8, 4) is 11.3 Å². The molecule has 1 aliphatic rings. The molecule has 3 aromatic heterocycles. The van der Waals surface area contributed by atoms with Crippen molar-refractivity contribution in [2.45, 2.75) is 0 Å². The van der Waals surface area contributed by atoms with Gasteiger partial charge in [0.2, 0.25) is 0 Å². The molecule has 0 spiro atoms. The lowest BCUT2D eigenvalue weighted by atomic mass is 10.1. The molecule has 1 aliphatic heterocycles. The van der Waals surface area contributed by atoms with Gasteiger partial charge in [0.25, 0.3) is 5.91 Å². The number of furan rings is 1. The van der Waals surface area contributed by atoms with E-state index in [1.807, 2.05) is 37.6 Å². The summed E-state index contributed by atoms with van der Waals surface area (Å²) in [6.07, 6.45) is 7.17. The Kier molecular flexibility index (Phi) is 4.82. The van der Waals surface area contributed by atoms with E-state index < -0.39 is 0 Å². The molecule has 4 heterocycles. The summed E-state index contributed by atoms with van der Waals surface area (Å²) in [7, 11) is 4.06. The number of piperazine rings is 1. The Labute approximate surface area is 180 Å². The SMILES string of the molecule is CN(C)c1ccc(-c2cnc3c(N4CCN(C(=O)c5ccco5)CC4)nccn23)cc1. The first kappa shape index (κ1) is 19.2. The molecule has 8 heteroatoms. The van der Waals surface area contributed by atoms with Crippen LogP contribution in [0.4, 0.5) is 11.5 Å². The molecule has 5 rings (SSSR count). The third-order valence-electron chi connectivity index (χ3n) is 5.69. The highest BCUT2D eigenvalue weighted by Crippen LogP contribution is 2.27. The van der Waals surface area contributed by atoms with Crippen molar-refractivity contribution in [2.24, 2.45) is 0 Å². The summed E-state index contributed by atoms with van der Waals surface area (Å²) in [5.74, 6) is 1.15. The number of aromatic nitrogens is 3. The van der Waals surface area contributed by atoms with Crippen LogP contribution >= 0.6 is 0 Å². The summed E-state index contributed by atoms with van der Waals surface area (Å²) in [5, 5.41) is 0. The Balaban J connectivity index is 1.37. The van der Waals surface area contributed by atoms with Crippen LogP contribution < -0.4 is 9.80 Å². The zero-order chi connectivity index (χ0) is 21.4. The first-order valence-corrected chi connectivity index (χ1v) is 10.3. The molecule has 1 aromatic carbocycles. The molecule has 0 saturated carbocycles. The Bertz CT molecular complexity index is 1190. The maximum absolute atomic E-state index is 12.5. The van der Waals surface area contributed by atoms with Gasteiger partial charge in [0, 0.05) is 63.9 Å². The maximum atomic E-state index is 12.5. The molecule has 0 bridgehead atoms. The van der Waals surface area contributed by atoms with Gasteiger partial charge in [-0.2, -0.15) is 0 Å². The predicted octanol–water partition coefficient (Wildman–Crippen LogP) is 3.02. The lowest BCUT2D eigenvalue weighted by Crippen LogP contribution is -2.49. The molecular weight excluding hydrogens is 392 g/mol. The monoisotopic (exact) mass is 416 g/mol. The van der Waals surface area contributed by atoms with E-state index in [9.17, 15) is 4.79 Å². The number of rotatable bonds is 4. The molecule has 0 unspecified atom stereocenters. The van der Waals surface area contributed by atoms with Crippen LogP contribution in [0.1, 0.15) is 10.6 Å². The number of amides is 1. The van der Waals surface area contributed by atoms with Crippen molar-refractivity contribution in [2.75, 3.05) is 50.1 Å². The highest BCUT2D eigenvalue weighted by molar-refractivity contribution is 5.91. The van der Waals surface area contributed by atoms with E-state index in [4.69, 9.17) is 4.42 Å². The van der Waals surface area contributed by atoms with Gasteiger partial charge in [-0.15, -0.1) is 0 Å². The van der Waals surface area contributed by atoms with Gasteiger partial charge in [-0.05, 0) is 24.3 Å². The van der Waals surface area contributed by atoms with E-state index >= 15 is 0 Å². The molecule has 8 nitrogen and oxygen atoms in total. The summed E-state index contributed by atoms with van der Waals surface area (Å²) in [6, 6.07) is 11.9. The van der Waals surface area contributed by atoms with Crippen molar-refractivity contribution in [3.05, 3.63) is 67.0 Å². The van der Waals surface area contributed by atoms with Crippen molar-refractivity contribution in [1.82, 2.24) is 19.3 Å². The van der Waals surface area contributed by atoms with Crippen LogP contribution in [0.2, 0.25) is 0 Å². The van der Waals surface area contributed by atoms with E-state index in [1.165, 1.54) is 6.26 Å². The minimum Gasteiger partial charge on any atom is -0.459 e. The fourth-order valence-corrected chi connectivity index (χ4v) is 3.95. The second-order valence-electron chi connectivity index (χ2n) is 7.79. The summed E-state index contributed by atoms with van der Waals surface area (Å²) in [6.45, 7) is 2.61. The van der Waals surface area contributed by atoms with Crippen LogP contribution in [0.25, 0.3) is 16.9 Å². The van der Waals surface area contributed by atoms with Gasteiger partial charge in [0.1, 0.15) is 0 Å². The van der Waals surface area contributed by atoms with E-state index in [-0.39, 0.29) is 5.91 Å². The molecule has 158 valence electrons. The average Bonchev–Trinajstić information content (AvgIpc) is 3.49. The lowest BCUT2D eigenvalue weighted by molar-refractivity contribution is 0.0714. The smallest absolute Gasteiger partial charge is 0.289 e. The molecule has 4 aromatic rings. The largest absolute Gasteiger partial charge is 0.459 e. The minimum absolute atomic E-state index is 0.0694. The molecule has 31 heavy (non-hydrogen) atoms. The second kappa shape index (κ2) is 7.79. The number of carbonyl (C=O) groups excluding carboxylic acids is 1. The normalized spacial score (nSPS) is 14.3. The zero-order valence-electron chi connectivity index (χ0n) is 17.6. The van der Waals surface area contributed by atoms with Crippen LogP contribution in [0.5, 0.6) is 0 Å². The number of imidazole rings is 1. The van der Waals surface area contributed by atoms with Crippen LogP contribution in [0, 0.1) is 0 Å². The Hall–Kier alpha value is -3.81. The quantitative estimate of drug-likeness (QED) is 0.509. The van der Waals surface area contributed by atoms with E-state index in [0.717, 1.165) is 28.4 Å². The molecule has 1 amide bonds. The third kappa shape index (κ3) is 3.50. The predicted molar refractivity (Wildman–Crippen MR) is 120 cm³/mol. The van der Waals surface area contributed by atoms with Gasteiger partial charge < -0.3 is 19.1 Å². The van der Waals surface area contributed by atoms with Gasteiger partial charge in [-0.25, -0.2) is 9.97 Å². The first-order chi connectivity index (χ1) is 15.1. The van der Waals surface area contributed by atoms with E-state index in [2.05, 4.69) is 48.4 Å². The Morgan fingerprint density at radius 3 is 2.48 bits per heavy atom. The third-order valence-corrected chi connectivity index (χ3v) is 5.69. The number of benzene rings is 1. The molecular formula is C23H24N6O2. The first-order valence-electron chi connectivity index (χ1n) is 10.3. The lowest BCUT2D eigenvalue weighted by Gasteiger charge is -2.35. The van der Waals surface area contributed by atoms with Gasteiger partial charge in [-0.1, -0.05) is 12.1 Å². The number of hydrogen-bond donors (Lipinski definition) is 0. The van der Waals surface area contributed by atoms with Crippen LogP contribution in [-0.2, 0) is 0 Å². The van der Waals surface area contributed by atoms with Gasteiger partial charge in [-0.3, -0.25) is 9.20 Å². The number of fused-ring (bicyclic) bond motifs is 1. The topological polar surface area (TPSA) is 70.1 Å². The maximum Gasteiger partial charge on any atom is 0.289 e.